The number of aromatic nitrogens is 2. The van der Waals surface area contributed by atoms with Crippen LogP contribution in [0.25, 0.3) is 11.4 Å². The highest BCUT2D eigenvalue weighted by molar-refractivity contribution is 5.56. The van der Waals surface area contributed by atoms with Gasteiger partial charge in [0.25, 0.3) is 0 Å². The maximum Gasteiger partial charge on any atom is 0.218 e. The quantitative estimate of drug-likeness (QED) is 0.791. The van der Waals surface area contributed by atoms with Crippen LogP contribution in [0.2, 0.25) is 0 Å². The van der Waals surface area contributed by atoms with Crippen molar-refractivity contribution in [3.63, 3.8) is 0 Å². The molecule has 0 saturated carbocycles. The van der Waals surface area contributed by atoms with Crippen LogP contribution in [0.4, 0.5) is 0 Å². The molecule has 0 saturated heterocycles. The van der Waals surface area contributed by atoms with Gasteiger partial charge in [0.15, 0.2) is 5.82 Å². The topological polar surface area (TPSA) is 66.2 Å². The number of rotatable bonds is 3. The fourth-order valence-corrected chi connectivity index (χ4v) is 1.51. The zero-order chi connectivity index (χ0) is 12.3. The van der Waals surface area contributed by atoms with Gasteiger partial charge in [-0.3, -0.25) is 0 Å². The molecule has 0 radical (unpaired) electrons. The van der Waals surface area contributed by atoms with Gasteiger partial charge in [-0.1, -0.05) is 30.3 Å². The summed E-state index contributed by atoms with van der Waals surface area (Å²) in [6.07, 6.45) is 2.62. The maximum atomic E-state index is 9.27. The summed E-state index contributed by atoms with van der Waals surface area (Å²) < 4.78 is 0. The summed E-state index contributed by atoms with van der Waals surface area (Å²) in [4.78, 5) is 7.69. The molecule has 2 aromatic rings. The van der Waals surface area contributed by atoms with E-state index in [1.165, 1.54) is 0 Å². The predicted octanol–water partition coefficient (Wildman–Crippen LogP) is 2.28. The fourth-order valence-electron chi connectivity index (χ4n) is 1.51. The van der Waals surface area contributed by atoms with Crippen molar-refractivity contribution in [3.05, 3.63) is 48.6 Å². The summed E-state index contributed by atoms with van der Waals surface area (Å²) in [5.74, 6) is -0.196. The van der Waals surface area contributed by atoms with Gasteiger partial charge in [-0.25, -0.2) is 0 Å². The molecular weight excluding hydrogens is 216 g/mol. The minimum Gasteiger partial charge on any atom is -0.493 e. The Kier molecular flexibility index (Phi) is 3.05. The lowest BCUT2D eigenvalue weighted by Crippen LogP contribution is -1.89. The summed E-state index contributed by atoms with van der Waals surface area (Å²) in [5, 5.41) is 18.5. The molecule has 4 nitrogen and oxygen atoms in total. The van der Waals surface area contributed by atoms with Crippen LogP contribution < -0.4 is 0 Å². The minimum absolute atomic E-state index is 0.248. The van der Waals surface area contributed by atoms with Gasteiger partial charge in [-0.05, 0) is 12.0 Å². The maximum absolute atomic E-state index is 9.27. The van der Waals surface area contributed by atoms with E-state index in [1.807, 2.05) is 30.3 Å². The van der Waals surface area contributed by atoms with E-state index >= 15 is 0 Å². The van der Waals surface area contributed by atoms with E-state index in [0.29, 0.717) is 5.82 Å². The Hall–Kier alpha value is -2.36. The molecule has 0 aliphatic rings. The van der Waals surface area contributed by atoms with Crippen molar-refractivity contribution in [2.24, 2.45) is 0 Å². The van der Waals surface area contributed by atoms with Crippen molar-refractivity contribution in [1.29, 1.82) is 0 Å². The van der Waals surface area contributed by atoms with E-state index in [1.54, 1.807) is 0 Å². The Balaban J connectivity index is 2.35. The first kappa shape index (κ1) is 11.1. The first-order valence-corrected chi connectivity index (χ1v) is 5.16. The third-order valence-electron chi connectivity index (χ3n) is 2.29. The second-order valence-corrected chi connectivity index (χ2v) is 3.60. The molecule has 2 N–H and O–H groups in total. The van der Waals surface area contributed by atoms with Gasteiger partial charge < -0.3 is 10.2 Å². The van der Waals surface area contributed by atoms with Crippen molar-refractivity contribution < 1.29 is 10.2 Å². The fraction of sp³-hybridized carbons (Fsp3) is 0.0769. The van der Waals surface area contributed by atoms with Crippen LogP contribution in [0.1, 0.15) is 5.56 Å². The molecule has 0 amide bonds. The largest absolute Gasteiger partial charge is 0.493 e. The molecule has 1 aromatic carbocycles. The lowest BCUT2D eigenvalue weighted by Gasteiger charge is -2.02. The van der Waals surface area contributed by atoms with E-state index in [0.717, 1.165) is 23.6 Å². The molecule has 0 spiro atoms. The van der Waals surface area contributed by atoms with Crippen molar-refractivity contribution >= 4 is 0 Å². The van der Waals surface area contributed by atoms with Crippen LogP contribution >= 0.6 is 0 Å². The molecule has 0 aliphatic heterocycles. The number of benzene rings is 1. The van der Waals surface area contributed by atoms with Crippen molar-refractivity contribution in [3.8, 4) is 23.1 Å². The molecule has 0 aliphatic carbocycles. The zero-order valence-electron chi connectivity index (χ0n) is 9.17. The summed E-state index contributed by atoms with van der Waals surface area (Å²) in [5.41, 5.74) is 1.87. The SMILES string of the molecule is C=CCc1ccc(-c2nc(O)cc(O)n2)cc1. The van der Waals surface area contributed by atoms with Gasteiger partial charge in [-0.15, -0.1) is 6.58 Å². The van der Waals surface area contributed by atoms with Crippen LogP contribution in [0.15, 0.2) is 43.0 Å². The Labute approximate surface area is 98.9 Å². The number of nitrogens with zero attached hydrogens (tertiary/aromatic N) is 2. The van der Waals surface area contributed by atoms with Crippen LogP contribution in [0.5, 0.6) is 11.8 Å². The van der Waals surface area contributed by atoms with E-state index < -0.39 is 0 Å². The summed E-state index contributed by atoms with van der Waals surface area (Å²) in [6.45, 7) is 3.67. The van der Waals surface area contributed by atoms with Gasteiger partial charge in [-0.2, -0.15) is 9.97 Å². The highest BCUT2D eigenvalue weighted by Gasteiger charge is 2.05. The molecular formula is C13H12N2O2. The van der Waals surface area contributed by atoms with Gasteiger partial charge in [0, 0.05) is 5.56 Å². The molecule has 17 heavy (non-hydrogen) atoms. The van der Waals surface area contributed by atoms with Crippen LogP contribution in [0.3, 0.4) is 0 Å². The molecule has 86 valence electrons. The molecule has 0 fully saturated rings. The average Bonchev–Trinajstić information content (AvgIpc) is 2.29. The number of aromatic hydroxyl groups is 2. The Morgan fingerprint density at radius 2 is 1.65 bits per heavy atom. The first-order chi connectivity index (χ1) is 8.19. The zero-order valence-corrected chi connectivity index (χ0v) is 9.17. The highest BCUT2D eigenvalue weighted by Crippen LogP contribution is 2.21. The van der Waals surface area contributed by atoms with E-state index in [2.05, 4.69) is 16.5 Å². The van der Waals surface area contributed by atoms with Crippen LogP contribution in [-0.2, 0) is 6.42 Å². The molecule has 2 rings (SSSR count). The Morgan fingerprint density at radius 1 is 1.06 bits per heavy atom. The number of hydrogen-bond acceptors (Lipinski definition) is 4. The van der Waals surface area contributed by atoms with Crippen molar-refractivity contribution in [2.45, 2.75) is 6.42 Å². The van der Waals surface area contributed by atoms with Gasteiger partial charge in [0.2, 0.25) is 11.8 Å². The number of allylic oxidation sites excluding steroid dienone is 1. The second-order valence-electron chi connectivity index (χ2n) is 3.60. The Bertz CT molecular complexity index is 515. The van der Waals surface area contributed by atoms with Gasteiger partial charge >= 0.3 is 0 Å². The molecule has 1 heterocycles. The monoisotopic (exact) mass is 228 g/mol. The number of hydrogen-bond donors (Lipinski definition) is 2. The van der Waals surface area contributed by atoms with E-state index in [4.69, 9.17) is 0 Å². The average molecular weight is 228 g/mol. The van der Waals surface area contributed by atoms with Gasteiger partial charge in [0.1, 0.15) is 0 Å². The molecule has 0 atom stereocenters. The third kappa shape index (κ3) is 2.60. The smallest absolute Gasteiger partial charge is 0.218 e. The summed E-state index contributed by atoms with van der Waals surface area (Å²) >= 11 is 0. The molecule has 1 aromatic heterocycles. The van der Waals surface area contributed by atoms with Gasteiger partial charge in [0.05, 0.1) is 6.07 Å². The molecule has 4 heteroatoms. The predicted molar refractivity (Wildman–Crippen MR) is 64.7 cm³/mol. The standard InChI is InChI=1S/C13H12N2O2/c1-2-3-9-4-6-10(7-5-9)13-14-11(16)8-12(17)15-13/h2,4-8H,1,3H2,(H2,14,15,16,17). The summed E-state index contributed by atoms with van der Waals surface area (Å²) in [7, 11) is 0. The lowest BCUT2D eigenvalue weighted by molar-refractivity contribution is 0.423. The first-order valence-electron chi connectivity index (χ1n) is 5.16. The van der Waals surface area contributed by atoms with Crippen molar-refractivity contribution in [2.75, 3.05) is 0 Å². The third-order valence-corrected chi connectivity index (χ3v) is 2.29. The van der Waals surface area contributed by atoms with Crippen molar-refractivity contribution in [1.82, 2.24) is 9.97 Å². The molecule has 0 bridgehead atoms. The Morgan fingerprint density at radius 3 is 2.18 bits per heavy atom. The highest BCUT2D eigenvalue weighted by atomic mass is 16.3. The van der Waals surface area contributed by atoms with E-state index in [9.17, 15) is 10.2 Å². The molecule has 0 unspecified atom stereocenters. The van der Waals surface area contributed by atoms with Crippen LogP contribution in [-0.4, -0.2) is 20.2 Å². The van der Waals surface area contributed by atoms with E-state index in [-0.39, 0.29) is 11.8 Å². The summed E-state index contributed by atoms with van der Waals surface area (Å²) in [6, 6.07) is 8.64. The normalized spacial score (nSPS) is 10.1. The minimum atomic E-state index is -0.248. The lowest BCUT2D eigenvalue weighted by atomic mass is 10.1. The second kappa shape index (κ2) is 4.65. The van der Waals surface area contributed by atoms with Crippen LogP contribution in [0, 0.1) is 0 Å².